The third-order valence-electron chi connectivity index (χ3n) is 5.45. The van der Waals surface area contributed by atoms with Crippen LogP contribution in [0, 0.1) is 5.92 Å². The van der Waals surface area contributed by atoms with Crippen molar-refractivity contribution < 1.29 is 0 Å². The lowest BCUT2D eigenvalue weighted by atomic mass is 9.77. The van der Waals surface area contributed by atoms with E-state index in [1.54, 1.807) is 0 Å². The molecule has 4 rings (SSSR count). The number of nitrogens with zero attached hydrogens (tertiary/aromatic N) is 2. The minimum atomic E-state index is 0.360. The summed E-state index contributed by atoms with van der Waals surface area (Å²) in [5.41, 5.74) is 5.38. The molecular weight excluding hydrogens is 318 g/mol. The Hall–Kier alpha value is -2.39. The van der Waals surface area contributed by atoms with Gasteiger partial charge in [0.15, 0.2) is 0 Å². The number of rotatable bonds is 5. The number of nitrogens with one attached hydrogen (secondary N) is 1. The molecule has 2 aromatic rings. The van der Waals surface area contributed by atoms with Gasteiger partial charge in [-0.15, -0.1) is 0 Å². The summed E-state index contributed by atoms with van der Waals surface area (Å²) in [7, 11) is 2.01. The van der Waals surface area contributed by atoms with E-state index in [9.17, 15) is 0 Å². The number of hydrogen-bond donors (Lipinski definition) is 1. The van der Waals surface area contributed by atoms with Crippen LogP contribution in [-0.4, -0.2) is 30.9 Å². The average molecular weight is 345 g/mol. The van der Waals surface area contributed by atoms with Gasteiger partial charge in [-0.3, -0.25) is 5.01 Å². The third kappa shape index (κ3) is 3.45. The van der Waals surface area contributed by atoms with Crippen molar-refractivity contribution in [3.63, 3.8) is 0 Å². The summed E-state index contributed by atoms with van der Waals surface area (Å²) in [5, 5.41) is 10.7. The largest absolute Gasteiger partial charge is 0.318 e. The summed E-state index contributed by atoms with van der Waals surface area (Å²) in [6.45, 7) is 1.89. The van der Waals surface area contributed by atoms with Crippen molar-refractivity contribution in [1.29, 1.82) is 0 Å². The van der Waals surface area contributed by atoms with E-state index in [1.165, 1.54) is 35.3 Å². The maximum Gasteiger partial charge on any atom is 0.0805 e. The van der Waals surface area contributed by atoms with Gasteiger partial charge in [0.2, 0.25) is 0 Å². The maximum atomic E-state index is 5.12. The highest BCUT2D eigenvalue weighted by molar-refractivity contribution is 6.07. The minimum Gasteiger partial charge on any atom is -0.318 e. The monoisotopic (exact) mass is 345 g/mol. The Bertz CT molecular complexity index is 780. The van der Waals surface area contributed by atoms with Crippen molar-refractivity contribution in [2.24, 2.45) is 11.0 Å². The number of fused-ring (bicyclic) bond motifs is 1. The molecule has 0 amide bonds. The van der Waals surface area contributed by atoms with E-state index in [0.29, 0.717) is 12.0 Å². The van der Waals surface area contributed by atoms with Crippen molar-refractivity contribution in [3.05, 3.63) is 77.4 Å². The minimum absolute atomic E-state index is 0.360. The van der Waals surface area contributed by atoms with Gasteiger partial charge in [-0.2, -0.15) is 5.10 Å². The summed E-state index contributed by atoms with van der Waals surface area (Å²) >= 11 is 0. The molecule has 1 aliphatic heterocycles. The molecule has 0 bridgehead atoms. The first kappa shape index (κ1) is 17.0. The summed E-state index contributed by atoms with van der Waals surface area (Å²) in [6, 6.07) is 21.9. The van der Waals surface area contributed by atoms with Gasteiger partial charge >= 0.3 is 0 Å². The molecule has 26 heavy (non-hydrogen) atoms. The van der Waals surface area contributed by atoms with Crippen molar-refractivity contribution in [1.82, 2.24) is 10.3 Å². The van der Waals surface area contributed by atoms with Gasteiger partial charge in [0.1, 0.15) is 0 Å². The fourth-order valence-corrected chi connectivity index (χ4v) is 4.24. The van der Waals surface area contributed by atoms with E-state index in [-0.39, 0.29) is 0 Å². The Morgan fingerprint density at radius 1 is 1.08 bits per heavy atom. The molecule has 1 heterocycles. The predicted octanol–water partition coefficient (Wildman–Crippen LogP) is 4.50. The summed E-state index contributed by atoms with van der Waals surface area (Å²) < 4.78 is 0. The van der Waals surface area contributed by atoms with Crippen LogP contribution in [0.5, 0.6) is 0 Å². The van der Waals surface area contributed by atoms with Gasteiger partial charge in [0.05, 0.1) is 11.8 Å². The van der Waals surface area contributed by atoms with Crippen LogP contribution in [0.15, 0.2) is 71.3 Å². The van der Waals surface area contributed by atoms with Gasteiger partial charge in [0.25, 0.3) is 0 Å². The lowest BCUT2D eigenvalue weighted by molar-refractivity contribution is 0.198. The van der Waals surface area contributed by atoms with Crippen LogP contribution in [0.4, 0.5) is 0 Å². The Morgan fingerprint density at radius 3 is 2.54 bits per heavy atom. The summed E-state index contributed by atoms with van der Waals surface area (Å²) in [5.74, 6) is 0.498. The molecule has 0 aromatic heterocycles. The average Bonchev–Trinajstić information content (AvgIpc) is 3.07. The van der Waals surface area contributed by atoms with E-state index in [1.807, 2.05) is 7.05 Å². The predicted molar refractivity (Wildman–Crippen MR) is 109 cm³/mol. The van der Waals surface area contributed by atoms with Crippen LogP contribution in [0.1, 0.15) is 36.4 Å². The van der Waals surface area contributed by atoms with Crippen LogP contribution in [0.3, 0.4) is 0 Å². The van der Waals surface area contributed by atoms with Gasteiger partial charge in [-0.05, 0) is 49.1 Å². The van der Waals surface area contributed by atoms with E-state index in [2.05, 4.69) is 77.1 Å². The SMILES string of the molecule is CNCCN1N=C2C(=Cc3ccccc3)CCCC2C1c1ccccc1. The lowest BCUT2D eigenvalue weighted by Crippen LogP contribution is -2.31. The molecular formula is C23H27N3. The number of likely N-dealkylation sites (N-methyl/N-ethyl adjacent to an activating group) is 1. The van der Waals surface area contributed by atoms with Crippen LogP contribution in [0.25, 0.3) is 6.08 Å². The van der Waals surface area contributed by atoms with Crippen LogP contribution < -0.4 is 5.32 Å². The number of allylic oxidation sites excluding steroid dienone is 1. The molecule has 1 saturated carbocycles. The van der Waals surface area contributed by atoms with Crippen LogP contribution in [-0.2, 0) is 0 Å². The van der Waals surface area contributed by atoms with E-state index in [4.69, 9.17) is 5.10 Å². The maximum absolute atomic E-state index is 5.12. The Balaban J connectivity index is 1.68. The zero-order chi connectivity index (χ0) is 17.8. The lowest BCUT2D eigenvalue weighted by Gasteiger charge is -2.30. The second kappa shape index (κ2) is 7.88. The fraction of sp³-hybridized carbons (Fsp3) is 0.348. The molecule has 1 fully saturated rings. The Labute approximate surface area is 156 Å². The van der Waals surface area contributed by atoms with E-state index in [0.717, 1.165) is 19.5 Å². The van der Waals surface area contributed by atoms with Crippen molar-refractivity contribution >= 4 is 11.8 Å². The number of hydrazone groups is 1. The van der Waals surface area contributed by atoms with Crippen molar-refractivity contribution in [2.75, 3.05) is 20.1 Å². The van der Waals surface area contributed by atoms with Gasteiger partial charge in [-0.25, -0.2) is 0 Å². The molecule has 2 unspecified atom stereocenters. The molecule has 2 aliphatic rings. The van der Waals surface area contributed by atoms with E-state index < -0.39 is 0 Å². The molecule has 1 N–H and O–H groups in total. The molecule has 1 aliphatic carbocycles. The topological polar surface area (TPSA) is 27.6 Å². The highest BCUT2D eigenvalue weighted by Gasteiger charge is 2.40. The van der Waals surface area contributed by atoms with Gasteiger partial charge in [-0.1, -0.05) is 60.7 Å². The molecule has 2 aromatic carbocycles. The van der Waals surface area contributed by atoms with Crippen LogP contribution >= 0.6 is 0 Å². The molecule has 3 nitrogen and oxygen atoms in total. The van der Waals surface area contributed by atoms with Crippen LogP contribution in [0.2, 0.25) is 0 Å². The Kier molecular flexibility index (Phi) is 5.16. The molecule has 134 valence electrons. The third-order valence-corrected chi connectivity index (χ3v) is 5.45. The zero-order valence-corrected chi connectivity index (χ0v) is 15.4. The highest BCUT2D eigenvalue weighted by Crippen LogP contribution is 2.44. The molecule has 0 radical (unpaired) electrons. The second-order valence-corrected chi connectivity index (χ2v) is 7.19. The van der Waals surface area contributed by atoms with Gasteiger partial charge < -0.3 is 5.32 Å². The fourth-order valence-electron chi connectivity index (χ4n) is 4.24. The first-order valence-corrected chi connectivity index (χ1v) is 9.67. The van der Waals surface area contributed by atoms with Crippen molar-refractivity contribution in [2.45, 2.75) is 25.3 Å². The molecule has 0 saturated heterocycles. The standard InChI is InChI=1S/C23H27N3/c1-24-15-16-26-23(19-11-6-3-7-12-19)21-14-8-13-20(22(21)25-26)17-18-9-4-2-5-10-18/h2-7,9-12,17,21,23-24H,8,13-16H2,1H3. The smallest absolute Gasteiger partial charge is 0.0805 e. The Morgan fingerprint density at radius 2 is 1.81 bits per heavy atom. The quantitative estimate of drug-likeness (QED) is 0.864. The first-order valence-electron chi connectivity index (χ1n) is 9.67. The van der Waals surface area contributed by atoms with E-state index >= 15 is 0 Å². The highest BCUT2D eigenvalue weighted by atomic mass is 15.5. The first-order chi connectivity index (χ1) is 12.9. The summed E-state index contributed by atoms with van der Waals surface area (Å²) in [4.78, 5) is 0. The molecule has 2 atom stereocenters. The summed E-state index contributed by atoms with van der Waals surface area (Å²) in [6.07, 6.45) is 5.94. The molecule has 0 spiro atoms. The zero-order valence-electron chi connectivity index (χ0n) is 15.4. The van der Waals surface area contributed by atoms with Crippen molar-refractivity contribution in [3.8, 4) is 0 Å². The number of hydrogen-bond acceptors (Lipinski definition) is 3. The van der Waals surface area contributed by atoms with Gasteiger partial charge in [0, 0.05) is 19.0 Å². The molecule has 3 heteroatoms. The number of benzene rings is 2. The normalized spacial score (nSPS) is 23.8. The second-order valence-electron chi connectivity index (χ2n) is 7.19.